The summed E-state index contributed by atoms with van der Waals surface area (Å²) in [6, 6.07) is 7.39. The van der Waals surface area contributed by atoms with E-state index in [2.05, 4.69) is 27.2 Å². The zero-order valence-electron chi connectivity index (χ0n) is 16.4. The Morgan fingerprint density at radius 2 is 2.28 bits per heavy atom. The minimum atomic E-state index is -0.471. The molecule has 0 radical (unpaired) electrons. The van der Waals surface area contributed by atoms with Crippen LogP contribution < -0.4 is 20.5 Å². The van der Waals surface area contributed by atoms with Crippen molar-refractivity contribution in [3.63, 3.8) is 0 Å². The smallest absolute Gasteiger partial charge is 0.288 e. The van der Waals surface area contributed by atoms with Crippen molar-refractivity contribution in [2.75, 3.05) is 25.1 Å². The van der Waals surface area contributed by atoms with Crippen molar-refractivity contribution in [1.29, 1.82) is 0 Å². The molecule has 0 bridgehead atoms. The summed E-state index contributed by atoms with van der Waals surface area (Å²) in [5.41, 5.74) is 0.405. The van der Waals surface area contributed by atoms with Crippen molar-refractivity contribution < 1.29 is 9.53 Å². The number of rotatable bonds is 5. The lowest BCUT2D eigenvalue weighted by Gasteiger charge is -2.30. The highest BCUT2D eigenvalue weighted by atomic mass is 32.1. The molecule has 1 atom stereocenters. The highest BCUT2D eigenvalue weighted by molar-refractivity contribution is 7.20. The van der Waals surface area contributed by atoms with Crippen molar-refractivity contribution in [3.8, 4) is 5.75 Å². The molecule has 4 rings (SSSR count). The summed E-state index contributed by atoms with van der Waals surface area (Å²) in [4.78, 5) is 32.3. The number of nitrogens with one attached hydrogen (secondary N) is 1. The largest absolute Gasteiger partial charge is 0.497 e. The zero-order chi connectivity index (χ0) is 20.4. The lowest BCUT2D eigenvalue weighted by molar-refractivity contribution is 0.0948. The number of carbonyl (C=O) groups is 1. The fourth-order valence-electron chi connectivity index (χ4n) is 3.48. The summed E-state index contributed by atoms with van der Waals surface area (Å²) < 4.78 is 6.42. The van der Waals surface area contributed by atoms with E-state index < -0.39 is 11.5 Å². The standard InChI is InChI=1S/C20H23N5O3S/c1-13-5-4-8-24(12-13)20-23-25-18(27)16(11-22-19(25)29-20)17(26)21-10-14-6-3-7-15(9-14)28-2/h3,6-7,9,11,13H,4-5,8,10,12H2,1-2H3,(H,21,26)/t13-/m1/s1. The third kappa shape index (κ3) is 4.09. The summed E-state index contributed by atoms with van der Waals surface area (Å²) in [5.74, 6) is 0.834. The number of piperidine rings is 1. The van der Waals surface area contributed by atoms with E-state index in [9.17, 15) is 9.59 Å². The molecule has 152 valence electrons. The molecule has 2 aromatic heterocycles. The lowest BCUT2D eigenvalue weighted by Crippen LogP contribution is -2.34. The first kappa shape index (κ1) is 19.4. The van der Waals surface area contributed by atoms with Crippen LogP contribution in [0.2, 0.25) is 0 Å². The fraction of sp³-hybridized carbons (Fsp3) is 0.400. The molecule has 9 heteroatoms. The Morgan fingerprint density at radius 1 is 1.41 bits per heavy atom. The molecule has 1 N–H and O–H groups in total. The number of fused-ring (bicyclic) bond motifs is 1. The van der Waals surface area contributed by atoms with Crippen LogP contribution in [0.1, 0.15) is 35.7 Å². The van der Waals surface area contributed by atoms with E-state index >= 15 is 0 Å². The predicted octanol–water partition coefficient (Wildman–Crippen LogP) is 2.33. The molecule has 1 saturated heterocycles. The van der Waals surface area contributed by atoms with Gasteiger partial charge in [0.15, 0.2) is 0 Å². The number of nitrogens with zero attached hydrogens (tertiary/aromatic N) is 4. The molecule has 3 heterocycles. The molecule has 3 aromatic rings. The number of amides is 1. The average Bonchev–Trinajstić information content (AvgIpc) is 3.18. The molecule has 0 unspecified atom stereocenters. The zero-order valence-corrected chi connectivity index (χ0v) is 17.2. The second kappa shape index (κ2) is 8.20. The minimum absolute atomic E-state index is 0.0192. The molecule has 0 saturated carbocycles. The monoisotopic (exact) mass is 413 g/mol. The van der Waals surface area contributed by atoms with Crippen LogP contribution in [0.4, 0.5) is 5.13 Å². The predicted molar refractivity (Wildman–Crippen MR) is 112 cm³/mol. The van der Waals surface area contributed by atoms with Gasteiger partial charge in [-0.15, -0.1) is 5.10 Å². The lowest BCUT2D eigenvalue weighted by atomic mass is 10.0. The number of hydrogen-bond donors (Lipinski definition) is 1. The maximum atomic E-state index is 12.8. The van der Waals surface area contributed by atoms with E-state index in [1.165, 1.54) is 28.5 Å². The molecule has 1 aromatic carbocycles. The molecule has 29 heavy (non-hydrogen) atoms. The first-order valence-electron chi connectivity index (χ1n) is 9.60. The molecule has 1 aliphatic rings. The fourth-order valence-corrected chi connectivity index (χ4v) is 4.38. The molecule has 8 nitrogen and oxygen atoms in total. The SMILES string of the molecule is COc1cccc(CNC(=O)c2cnc3sc(N4CCC[C@@H](C)C4)nn3c2=O)c1. The Morgan fingerprint density at radius 3 is 3.07 bits per heavy atom. The van der Waals surface area contributed by atoms with Gasteiger partial charge in [0.05, 0.1) is 7.11 Å². The van der Waals surface area contributed by atoms with Gasteiger partial charge in [0.1, 0.15) is 11.3 Å². The van der Waals surface area contributed by atoms with Crippen LogP contribution in [0.25, 0.3) is 4.96 Å². The average molecular weight is 414 g/mol. The molecule has 1 aliphatic heterocycles. The number of anilines is 1. The van der Waals surface area contributed by atoms with Crippen LogP contribution in [-0.4, -0.2) is 40.7 Å². The summed E-state index contributed by atoms with van der Waals surface area (Å²) >= 11 is 1.38. The number of ether oxygens (including phenoxy) is 1. The molecule has 0 spiro atoms. The van der Waals surface area contributed by atoms with Crippen molar-refractivity contribution in [2.45, 2.75) is 26.3 Å². The third-order valence-corrected chi connectivity index (χ3v) is 6.02. The van der Waals surface area contributed by atoms with Crippen LogP contribution in [0, 0.1) is 5.92 Å². The van der Waals surface area contributed by atoms with Crippen LogP contribution in [-0.2, 0) is 6.54 Å². The molecule has 0 aliphatic carbocycles. The van der Waals surface area contributed by atoms with Crippen molar-refractivity contribution in [3.05, 3.63) is 51.9 Å². The van der Waals surface area contributed by atoms with Gasteiger partial charge in [-0.25, -0.2) is 4.98 Å². The van der Waals surface area contributed by atoms with E-state index in [0.29, 0.717) is 16.6 Å². The van der Waals surface area contributed by atoms with Crippen LogP contribution in [0.3, 0.4) is 0 Å². The molecule has 1 fully saturated rings. The number of hydrogen-bond acceptors (Lipinski definition) is 7. The summed E-state index contributed by atoms with van der Waals surface area (Å²) in [5, 5.41) is 7.98. The van der Waals surface area contributed by atoms with Gasteiger partial charge in [0.2, 0.25) is 10.1 Å². The number of methoxy groups -OCH3 is 1. The number of carbonyl (C=O) groups excluding carboxylic acids is 1. The topological polar surface area (TPSA) is 88.8 Å². The van der Waals surface area contributed by atoms with Crippen molar-refractivity contribution in [2.24, 2.45) is 5.92 Å². The maximum Gasteiger partial charge on any atom is 0.288 e. The number of benzene rings is 1. The van der Waals surface area contributed by atoms with Crippen LogP contribution >= 0.6 is 11.3 Å². The van der Waals surface area contributed by atoms with E-state index in [4.69, 9.17) is 4.74 Å². The Balaban J connectivity index is 1.53. The summed E-state index contributed by atoms with van der Waals surface area (Å²) in [6.07, 6.45) is 3.65. The highest BCUT2D eigenvalue weighted by Crippen LogP contribution is 2.26. The van der Waals surface area contributed by atoms with E-state index in [1.807, 2.05) is 24.3 Å². The van der Waals surface area contributed by atoms with Gasteiger partial charge in [-0.1, -0.05) is 30.4 Å². The van der Waals surface area contributed by atoms with Gasteiger partial charge in [0.25, 0.3) is 11.5 Å². The van der Waals surface area contributed by atoms with Crippen molar-refractivity contribution >= 4 is 27.3 Å². The van der Waals surface area contributed by atoms with E-state index in [-0.39, 0.29) is 12.1 Å². The number of aromatic nitrogens is 3. The van der Waals surface area contributed by atoms with Crippen LogP contribution in [0.5, 0.6) is 5.75 Å². The van der Waals surface area contributed by atoms with Crippen molar-refractivity contribution in [1.82, 2.24) is 19.9 Å². The van der Waals surface area contributed by atoms with E-state index in [1.54, 1.807) is 7.11 Å². The minimum Gasteiger partial charge on any atom is -0.497 e. The first-order valence-corrected chi connectivity index (χ1v) is 10.4. The summed E-state index contributed by atoms with van der Waals surface area (Å²) in [6.45, 7) is 4.34. The Kier molecular flexibility index (Phi) is 5.48. The van der Waals surface area contributed by atoms with E-state index in [0.717, 1.165) is 30.2 Å². The summed E-state index contributed by atoms with van der Waals surface area (Å²) in [7, 11) is 1.59. The molecular weight excluding hydrogens is 390 g/mol. The molecular formula is C20H23N5O3S. The Labute approximate surface area is 172 Å². The second-order valence-electron chi connectivity index (χ2n) is 7.28. The Bertz CT molecular complexity index is 1090. The van der Waals surface area contributed by atoms with Gasteiger partial charge in [0, 0.05) is 25.8 Å². The molecule has 1 amide bonds. The Hall–Kier alpha value is -2.94. The highest BCUT2D eigenvalue weighted by Gasteiger charge is 2.22. The quantitative estimate of drug-likeness (QED) is 0.691. The maximum absolute atomic E-state index is 12.8. The van der Waals surface area contributed by atoms with Gasteiger partial charge in [-0.3, -0.25) is 9.59 Å². The van der Waals surface area contributed by atoms with Gasteiger partial charge in [-0.05, 0) is 36.5 Å². The van der Waals surface area contributed by atoms with Gasteiger partial charge >= 0.3 is 0 Å². The van der Waals surface area contributed by atoms with Gasteiger partial charge < -0.3 is 15.0 Å². The first-order chi connectivity index (χ1) is 14.0. The second-order valence-corrected chi connectivity index (χ2v) is 8.22. The van der Waals surface area contributed by atoms with Crippen LogP contribution in [0.15, 0.2) is 35.3 Å². The van der Waals surface area contributed by atoms with Gasteiger partial charge in [-0.2, -0.15) is 4.52 Å². The third-order valence-electron chi connectivity index (χ3n) is 5.04. The normalized spacial score (nSPS) is 16.8.